The van der Waals surface area contributed by atoms with Crippen molar-refractivity contribution in [1.29, 1.82) is 0 Å². The molecule has 1 aliphatic carbocycles. The van der Waals surface area contributed by atoms with E-state index >= 15 is 0 Å². The number of ether oxygens (including phenoxy) is 2. The van der Waals surface area contributed by atoms with Gasteiger partial charge in [0.1, 0.15) is 0 Å². The van der Waals surface area contributed by atoms with E-state index in [2.05, 4.69) is 18.2 Å². The van der Waals surface area contributed by atoms with Crippen molar-refractivity contribution in [2.24, 2.45) is 5.73 Å². The second kappa shape index (κ2) is 7.54. The van der Waals surface area contributed by atoms with Crippen LogP contribution >= 0.6 is 0 Å². The molecule has 26 heavy (non-hydrogen) atoms. The maximum Gasteiger partial charge on any atom is 0.308 e. The first-order valence-corrected chi connectivity index (χ1v) is 8.53. The smallest absolute Gasteiger partial charge is 0.308 e. The summed E-state index contributed by atoms with van der Waals surface area (Å²) in [6, 6.07) is 7.45. The summed E-state index contributed by atoms with van der Waals surface area (Å²) >= 11 is 0. The number of fused-ring (bicyclic) bond motifs is 1. The standard InChI is InChI=1S/C21H21NO4/c1-13(23)25-20-9-8-18-17(12-22)10-16(15-6-4-3-5-7-15)11-19(18)21(20)26-14(2)24/h4,6-11H,3,5,12,22H2,1-2H3. The number of carbonyl (C=O) groups is 2. The zero-order chi connectivity index (χ0) is 18.7. The maximum atomic E-state index is 11.6. The minimum atomic E-state index is -0.484. The largest absolute Gasteiger partial charge is 0.423 e. The maximum absolute atomic E-state index is 11.6. The number of allylic oxidation sites excluding steroid dienone is 4. The Morgan fingerprint density at radius 1 is 1.04 bits per heavy atom. The van der Waals surface area contributed by atoms with Crippen molar-refractivity contribution >= 4 is 28.3 Å². The van der Waals surface area contributed by atoms with Crippen LogP contribution in [0.2, 0.25) is 0 Å². The lowest BCUT2D eigenvalue weighted by Crippen LogP contribution is -2.08. The summed E-state index contributed by atoms with van der Waals surface area (Å²) in [4.78, 5) is 23.0. The molecule has 2 aromatic carbocycles. The topological polar surface area (TPSA) is 78.6 Å². The number of hydrogen-bond acceptors (Lipinski definition) is 5. The summed E-state index contributed by atoms with van der Waals surface area (Å²) in [6.07, 6.45) is 8.38. The highest BCUT2D eigenvalue weighted by Crippen LogP contribution is 2.39. The lowest BCUT2D eigenvalue weighted by atomic mass is 9.93. The van der Waals surface area contributed by atoms with E-state index in [9.17, 15) is 9.59 Å². The lowest BCUT2D eigenvalue weighted by molar-refractivity contribution is -0.134. The molecule has 0 saturated heterocycles. The van der Waals surface area contributed by atoms with Gasteiger partial charge in [-0.15, -0.1) is 0 Å². The van der Waals surface area contributed by atoms with Gasteiger partial charge in [0, 0.05) is 25.8 Å². The second-order valence-corrected chi connectivity index (χ2v) is 6.15. The minimum absolute atomic E-state index is 0.216. The molecule has 0 unspecified atom stereocenters. The average Bonchev–Trinajstić information content (AvgIpc) is 2.62. The molecule has 0 bridgehead atoms. The van der Waals surface area contributed by atoms with E-state index in [0.29, 0.717) is 11.9 Å². The third-order valence-corrected chi connectivity index (χ3v) is 4.18. The molecule has 0 atom stereocenters. The van der Waals surface area contributed by atoms with E-state index in [1.54, 1.807) is 6.07 Å². The van der Waals surface area contributed by atoms with Gasteiger partial charge in [0.2, 0.25) is 0 Å². The van der Waals surface area contributed by atoms with Crippen LogP contribution in [0.1, 0.15) is 37.8 Å². The Kier molecular flexibility index (Phi) is 5.19. The van der Waals surface area contributed by atoms with Crippen LogP contribution < -0.4 is 15.2 Å². The number of nitrogens with two attached hydrogens (primary N) is 1. The highest BCUT2D eigenvalue weighted by Gasteiger charge is 2.17. The second-order valence-electron chi connectivity index (χ2n) is 6.15. The van der Waals surface area contributed by atoms with Gasteiger partial charge in [-0.25, -0.2) is 0 Å². The molecule has 0 radical (unpaired) electrons. The molecule has 5 nitrogen and oxygen atoms in total. The average molecular weight is 351 g/mol. The molecule has 0 heterocycles. The van der Waals surface area contributed by atoms with Crippen molar-refractivity contribution < 1.29 is 19.1 Å². The molecule has 0 saturated carbocycles. The van der Waals surface area contributed by atoms with Crippen molar-refractivity contribution in [3.05, 3.63) is 53.6 Å². The quantitative estimate of drug-likeness (QED) is 0.668. The van der Waals surface area contributed by atoms with E-state index in [0.717, 1.165) is 34.9 Å². The van der Waals surface area contributed by atoms with E-state index in [1.165, 1.54) is 13.8 Å². The molecule has 134 valence electrons. The fraction of sp³-hybridized carbons (Fsp3) is 0.238. The first kappa shape index (κ1) is 17.9. The minimum Gasteiger partial charge on any atom is -0.423 e. The SMILES string of the molecule is CC(=O)Oc1ccc2c(CN)cc(C3=CCCC=C3)cc2c1OC(C)=O. The van der Waals surface area contributed by atoms with E-state index < -0.39 is 11.9 Å². The van der Waals surface area contributed by atoms with Gasteiger partial charge >= 0.3 is 11.9 Å². The Hall–Kier alpha value is -2.92. The number of esters is 2. The summed E-state index contributed by atoms with van der Waals surface area (Å²) in [5.41, 5.74) is 8.97. The number of rotatable bonds is 4. The van der Waals surface area contributed by atoms with E-state index in [-0.39, 0.29) is 11.5 Å². The number of benzene rings is 2. The molecule has 2 aromatic rings. The van der Waals surface area contributed by atoms with E-state index in [1.807, 2.05) is 18.2 Å². The summed E-state index contributed by atoms with van der Waals surface area (Å²) in [6.45, 7) is 2.96. The van der Waals surface area contributed by atoms with Gasteiger partial charge in [-0.2, -0.15) is 0 Å². The molecule has 0 aromatic heterocycles. The fourth-order valence-electron chi connectivity index (χ4n) is 3.11. The highest BCUT2D eigenvalue weighted by atomic mass is 16.6. The Bertz CT molecular complexity index is 941. The zero-order valence-corrected chi connectivity index (χ0v) is 14.9. The summed E-state index contributed by atoms with van der Waals surface area (Å²) in [7, 11) is 0. The molecule has 0 aliphatic heterocycles. The van der Waals surface area contributed by atoms with Crippen LogP contribution in [0.4, 0.5) is 0 Å². The Morgan fingerprint density at radius 3 is 2.42 bits per heavy atom. The molecular weight excluding hydrogens is 330 g/mol. The van der Waals surface area contributed by atoms with Crippen LogP contribution in [-0.4, -0.2) is 11.9 Å². The van der Waals surface area contributed by atoms with Crippen molar-refractivity contribution in [2.75, 3.05) is 0 Å². The first-order valence-electron chi connectivity index (χ1n) is 8.53. The Morgan fingerprint density at radius 2 is 1.81 bits per heavy atom. The first-order chi connectivity index (χ1) is 12.5. The molecular formula is C21H21NO4. The summed E-state index contributed by atoms with van der Waals surface area (Å²) < 4.78 is 10.6. The van der Waals surface area contributed by atoms with Crippen molar-refractivity contribution in [2.45, 2.75) is 33.2 Å². The zero-order valence-electron chi connectivity index (χ0n) is 14.9. The van der Waals surface area contributed by atoms with E-state index in [4.69, 9.17) is 15.2 Å². The van der Waals surface area contributed by atoms with Crippen molar-refractivity contribution in [3.63, 3.8) is 0 Å². The molecule has 2 N–H and O–H groups in total. The predicted octanol–water partition coefficient (Wildman–Crippen LogP) is 3.88. The van der Waals surface area contributed by atoms with Crippen LogP contribution in [0.25, 0.3) is 16.3 Å². The third kappa shape index (κ3) is 3.68. The van der Waals surface area contributed by atoms with Gasteiger partial charge in [0.15, 0.2) is 11.5 Å². The number of carbonyl (C=O) groups excluding carboxylic acids is 2. The third-order valence-electron chi connectivity index (χ3n) is 4.18. The van der Waals surface area contributed by atoms with Crippen molar-refractivity contribution in [1.82, 2.24) is 0 Å². The summed E-state index contributed by atoms with van der Waals surface area (Å²) in [5.74, 6) is -0.510. The number of hydrogen-bond donors (Lipinski definition) is 1. The monoisotopic (exact) mass is 351 g/mol. The van der Waals surface area contributed by atoms with Gasteiger partial charge in [-0.05, 0) is 53.1 Å². The fourth-order valence-corrected chi connectivity index (χ4v) is 3.11. The van der Waals surface area contributed by atoms with Crippen LogP contribution in [0, 0.1) is 0 Å². The van der Waals surface area contributed by atoms with Crippen LogP contribution in [0.3, 0.4) is 0 Å². The highest BCUT2D eigenvalue weighted by molar-refractivity contribution is 5.98. The van der Waals surface area contributed by atoms with Crippen LogP contribution in [0.5, 0.6) is 11.5 Å². The van der Waals surface area contributed by atoms with Gasteiger partial charge in [0.05, 0.1) is 0 Å². The molecule has 0 amide bonds. The van der Waals surface area contributed by atoms with Crippen molar-refractivity contribution in [3.8, 4) is 11.5 Å². The van der Waals surface area contributed by atoms with Crippen LogP contribution in [-0.2, 0) is 16.1 Å². The molecule has 5 heteroatoms. The predicted molar refractivity (Wildman–Crippen MR) is 101 cm³/mol. The summed E-state index contributed by atoms with van der Waals surface area (Å²) in [5, 5.41) is 1.56. The lowest BCUT2D eigenvalue weighted by Gasteiger charge is -2.16. The Balaban J connectivity index is 2.27. The normalized spacial score (nSPS) is 13.4. The molecule has 3 rings (SSSR count). The van der Waals surface area contributed by atoms with Gasteiger partial charge in [-0.3, -0.25) is 9.59 Å². The van der Waals surface area contributed by atoms with Gasteiger partial charge in [-0.1, -0.05) is 24.3 Å². The van der Waals surface area contributed by atoms with Gasteiger partial charge < -0.3 is 15.2 Å². The molecule has 1 aliphatic rings. The molecule has 0 fully saturated rings. The van der Waals surface area contributed by atoms with Gasteiger partial charge in [0.25, 0.3) is 0 Å². The van der Waals surface area contributed by atoms with Crippen LogP contribution in [0.15, 0.2) is 42.5 Å². The molecule has 0 spiro atoms. The Labute approximate surface area is 152 Å².